The molecular formula is C10H13N5OS. The van der Waals surface area contributed by atoms with E-state index in [2.05, 4.69) is 20.1 Å². The standard InChI is InChI=1S/C10H13N5OS/c1-5-4-8(11)14-10(12-5)17-6(2)9-13-7(3)15-16-9/h4,6H,1-3H3,(H2,11,12,14). The Balaban J connectivity index is 2.15. The Morgan fingerprint density at radius 1 is 1.29 bits per heavy atom. The lowest BCUT2D eigenvalue weighted by Crippen LogP contribution is -1.98. The van der Waals surface area contributed by atoms with Crippen molar-refractivity contribution in [3.05, 3.63) is 23.5 Å². The zero-order valence-electron chi connectivity index (χ0n) is 9.84. The fourth-order valence-corrected chi connectivity index (χ4v) is 2.17. The molecule has 0 aromatic carbocycles. The van der Waals surface area contributed by atoms with E-state index in [-0.39, 0.29) is 5.25 Å². The molecule has 0 radical (unpaired) electrons. The fourth-order valence-electron chi connectivity index (χ4n) is 1.30. The molecular weight excluding hydrogens is 238 g/mol. The van der Waals surface area contributed by atoms with Gasteiger partial charge in [0.2, 0.25) is 5.89 Å². The molecule has 0 aliphatic rings. The highest BCUT2D eigenvalue weighted by molar-refractivity contribution is 7.99. The van der Waals surface area contributed by atoms with Crippen LogP contribution in [0.3, 0.4) is 0 Å². The van der Waals surface area contributed by atoms with Crippen LogP contribution in [0.25, 0.3) is 0 Å². The summed E-state index contributed by atoms with van der Waals surface area (Å²) in [4.78, 5) is 12.6. The number of hydrogen-bond acceptors (Lipinski definition) is 7. The van der Waals surface area contributed by atoms with E-state index in [0.717, 1.165) is 5.69 Å². The number of thioether (sulfide) groups is 1. The maximum atomic E-state index is 5.66. The average molecular weight is 251 g/mol. The summed E-state index contributed by atoms with van der Waals surface area (Å²) in [6.45, 7) is 5.62. The van der Waals surface area contributed by atoms with Gasteiger partial charge in [-0.3, -0.25) is 0 Å². The summed E-state index contributed by atoms with van der Waals surface area (Å²) in [5.74, 6) is 1.65. The Bertz CT molecular complexity index is 507. The molecule has 0 saturated heterocycles. The highest BCUT2D eigenvalue weighted by atomic mass is 32.2. The van der Waals surface area contributed by atoms with Gasteiger partial charge in [-0.15, -0.1) is 0 Å². The average Bonchev–Trinajstić information content (AvgIpc) is 2.63. The number of rotatable bonds is 3. The zero-order chi connectivity index (χ0) is 12.4. The van der Waals surface area contributed by atoms with Crippen molar-refractivity contribution in [2.75, 3.05) is 5.73 Å². The first-order valence-electron chi connectivity index (χ1n) is 5.12. The van der Waals surface area contributed by atoms with E-state index in [1.54, 1.807) is 13.0 Å². The van der Waals surface area contributed by atoms with Gasteiger partial charge in [0.05, 0.1) is 5.25 Å². The largest absolute Gasteiger partial charge is 0.384 e. The molecule has 0 aliphatic heterocycles. The number of hydrogen-bond donors (Lipinski definition) is 1. The summed E-state index contributed by atoms with van der Waals surface area (Å²) in [6.07, 6.45) is 0. The van der Waals surface area contributed by atoms with Crippen LogP contribution in [0, 0.1) is 13.8 Å². The minimum Gasteiger partial charge on any atom is -0.384 e. The first-order chi connectivity index (χ1) is 8.04. The summed E-state index contributed by atoms with van der Waals surface area (Å²) in [7, 11) is 0. The molecule has 0 aliphatic carbocycles. The Labute approximate surface area is 103 Å². The monoisotopic (exact) mass is 251 g/mol. The predicted octanol–water partition coefficient (Wildman–Crippen LogP) is 1.91. The van der Waals surface area contributed by atoms with Gasteiger partial charge in [0.1, 0.15) is 5.82 Å². The Morgan fingerprint density at radius 3 is 2.65 bits per heavy atom. The number of nitrogens with two attached hydrogens (primary N) is 1. The summed E-state index contributed by atoms with van der Waals surface area (Å²) in [5, 5.41) is 4.36. The van der Waals surface area contributed by atoms with E-state index in [4.69, 9.17) is 10.3 Å². The second kappa shape index (κ2) is 4.70. The molecule has 2 heterocycles. The van der Waals surface area contributed by atoms with Crippen LogP contribution in [0.1, 0.15) is 29.6 Å². The van der Waals surface area contributed by atoms with Gasteiger partial charge in [-0.25, -0.2) is 9.97 Å². The Kier molecular flexibility index (Phi) is 3.28. The number of aromatic nitrogens is 4. The zero-order valence-corrected chi connectivity index (χ0v) is 10.7. The van der Waals surface area contributed by atoms with Crippen LogP contribution in [0.5, 0.6) is 0 Å². The van der Waals surface area contributed by atoms with Crippen molar-refractivity contribution in [3.8, 4) is 0 Å². The molecule has 0 saturated carbocycles. The first kappa shape index (κ1) is 11.8. The number of aryl methyl sites for hydroxylation is 2. The quantitative estimate of drug-likeness (QED) is 0.658. The highest BCUT2D eigenvalue weighted by Gasteiger charge is 2.16. The van der Waals surface area contributed by atoms with Crippen molar-refractivity contribution in [3.63, 3.8) is 0 Å². The lowest BCUT2D eigenvalue weighted by atomic mass is 10.4. The summed E-state index contributed by atoms with van der Waals surface area (Å²) >= 11 is 1.44. The van der Waals surface area contributed by atoms with Gasteiger partial charge < -0.3 is 10.3 Å². The molecule has 2 N–H and O–H groups in total. The lowest BCUT2D eigenvalue weighted by molar-refractivity contribution is 0.376. The molecule has 0 bridgehead atoms. The van der Waals surface area contributed by atoms with Crippen molar-refractivity contribution >= 4 is 17.6 Å². The van der Waals surface area contributed by atoms with Crippen molar-refractivity contribution in [1.82, 2.24) is 20.1 Å². The molecule has 0 spiro atoms. The van der Waals surface area contributed by atoms with Crippen molar-refractivity contribution in [2.45, 2.75) is 31.2 Å². The highest BCUT2D eigenvalue weighted by Crippen LogP contribution is 2.31. The Morgan fingerprint density at radius 2 is 2.06 bits per heavy atom. The molecule has 90 valence electrons. The third-order valence-electron chi connectivity index (χ3n) is 2.03. The van der Waals surface area contributed by atoms with E-state index in [0.29, 0.717) is 22.7 Å². The molecule has 7 heteroatoms. The fraction of sp³-hybridized carbons (Fsp3) is 0.400. The van der Waals surface area contributed by atoms with Gasteiger partial charge in [0, 0.05) is 11.8 Å². The summed E-state index contributed by atoms with van der Waals surface area (Å²) < 4.78 is 5.09. The molecule has 2 aromatic rings. The summed E-state index contributed by atoms with van der Waals surface area (Å²) in [5.41, 5.74) is 6.50. The maximum Gasteiger partial charge on any atom is 0.239 e. The number of nitrogen functional groups attached to an aromatic ring is 1. The van der Waals surface area contributed by atoms with Crippen molar-refractivity contribution < 1.29 is 4.52 Å². The van der Waals surface area contributed by atoms with Crippen molar-refractivity contribution in [1.29, 1.82) is 0 Å². The summed E-state index contributed by atoms with van der Waals surface area (Å²) in [6, 6.07) is 1.73. The Hall–Kier alpha value is -1.63. The normalized spacial score (nSPS) is 12.6. The van der Waals surface area contributed by atoms with Crippen LogP contribution < -0.4 is 5.73 Å². The van der Waals surface area contributed by atoms with Crippen LogP contribution in [0.4, 0.5) is 5.82 Å². The molecule has 1 atom stereocenters. The molecule has 0 amide bonds. The van der Waals surface area contributed by atoms with Gasteiger partial charge in [0.25, 0.3) is 0 Å². The van der Waals surface area contributed by atoms with Crippen LogP contribution in [0.2, 0.25) is 0 Å². The van der Waals surface area contributed by atoms with Crippen LogP contribution in [-0.2, 0) is 0 Å². The van der Waals surface area contributed by atoms with E-state index in [1.165, 1.54) is 11.8 Å². The number of nitrogens with zero attached hydrogens (tertiary/aromatic N) is 4. The molecule has 2 rings (SSSR count). The van der Waals surface area contributed by atoms with Crippen LogP contribution >= 0.6 is 11.8 Å². The molecule has 17 heavy (non-hydrogen) atoms. The van der Waals surface area contributed by atoms with Gasteiger partial charge in [-0.2, -0.15) is 4.98 Å². The minimum atomic E-state index is -0.00241. The van der Waals surface area contributed by atoms with E-state index in [1.807, 2.05) is 13.8 Å². The van der Waals surface area contributed by atoms with Crippen molar-refractivity contribution in [2.24, 2.45) is 0 Å². The molecule has 2 aromatic heterocycles. The third-order valence-corrected chi connectivity index (χ3v) is 2.98. The van der Waals surface area contributed by atoms with E-state index >= 15 is 0 Å². The predicted molar refractivity (Wildman–Crippen MR) is 64.5 cm³/mol. The second-order valence-electron chi connectivity index (χ2n) is 3.66. The van der Waals surface area contributed by atoms with Gasteiger partial charge in [-0.1, -0.05) is 16.9 Å². The van der Waals surface area contributed by atoms with Crippen LogP contribution in [0.15, 0.2) is 15.7 Å². The minimum absolute atomic E-state index is 0.00241. The first-order valence-corrected chi connectivity index (χ1v) is 6.00. The third kappa shape index (κ3) is 2.94. The van der Waals surface area contributed by atoms with E-state index < -0.39 is 0 Å². The molecule has 0 fully saturated rings. The van der Waals surface area contributed by atoms with Gasteiger partial charge >= 0.3 is 0 Å². The second-order valence-corrected chi connectivity index (χ2v) is 4.96. The SMILES string of the molecule is Cc1cc(N)nc(SC(C)c2nc(C)no2)n1. The van der Waals surface area contributed by atoms with Gasteiger partial charge in [0.15, 0.2) is 11.0 Å². The maximum absolute atomic E-state index is 5.66. The lowest BCUT2D eigenvalue weighted by Gasteiger charge is -2.06. The molecule has 6 nitrogen and oxygen atoms in total. The van der Waals surface area contributed by atoms with E-state index in [9.17, 15) is 0 Å². The molecule has 1 unspecified atom stereocenters. The smallest absolute Gasteiger partial charge is 0.239 e. The number of anilines is 1. The van der Waals surface area contributed by atoms with Crippen LogP contribution in [-0.4, -0.2) is 20.1 Å². The topological polar surface area (TPSA) is 90.7 Å². The van der Waals surface area contributed by atoms with Gasteiger partial charge in [-0.05, 0) is 20.8 Å².